The molecule has 182 valence electrons. The molecule has 6 atom stereocenters. The number of hydrogen-bond donors (Lipinski definition) is 3. The Labute approximate surface area is 195 Å². The molecule has 1 amide bonds. The molecule has 0 aromatic rings. The second kappa shape index (κ2) is 12.9. The molecular formula is C27H46N2O3. The van der Waals surface area contributed by atoms with Gasteiger partial charge in [-0.05, 0) is 56.3 Å². The summed E-state index contributed by atoms with van der Waals surface area (Å²) in [5.74, 6) is 1.83. The summed E-state index contributed by atoms with van der Waals surface area (Å²) < 4.78 is 0. The van der Waals surface area contributed by atoms with Crippen LogP contribution in [0.5, 0.6) is 0 Å². The van der Waals surface area contributed by atoms with Crippen molar-refractivity contribution >= 4 is 5.91 Å². The first-order chi connectivity index (χ1) is 15.5. The average Bonchev–Trinajstić information content (AvgIpc) is 3.30. The molecule has 0 aromatic heterocycles. The molecule has 3 rings (SSSR count). The Morgan fingerprint density at radius 2 is 2.09 bits per heavy atom. The molecule has 0 unspecified atom stereocenters. The first-order valence-corrected chi connectivity index (χ1v) is 13.2. The highest BCUT2D eigenvalue weighted by molar-refractivity contribution is 5.76. The van der Waals surface area contributed by atoms with Crippen LogP contribution in [-0.4, -0.2) is 59.4 Å². The number of carbonyl (C=O) groups is 1. The molecule has 32 heavy (non-hydrogen) atoms. The minimum absolute atomic E-state index is 0.134. The van der Waals surface area contributed by atoms with E-state index in [1.165, 1.54) is 31.3 Å². The Morgan fingerprint density at radius 1 is 1.31 bits per heavy atom. The van der Waals surface area contributed by atoms with Crippen molar-refractivity contribution in [3.05, 3.63) is 23.8 Å². The lowest BCUT2D eigenvalue weighted by Gasteiger charge is -2.26. The number of aliphatic hydroxyl groups is 2. The standard InChI is InChI=1S/C27H46N2O3/c1-3-4-8-20(2)15-23(30)9-10-24-25-17-21(16-22(25)18-26(24)31)19-28-12-11-27(32)29-13-6-5-7-14-29/h9-10,16,20,22-26,28,30-31H,3-8,11-15,17-19H2,1-2H3/t20-,22-,23+,24+,25-,26+/m0/s1. The van der Waals surface area contributed by atoms with E-state index in [9.17, 15) is 15.0 Å². The van der Waals surface area contributed by atoms with Gasteiger partial charge >= 0.3 is 0 Å². The van der Waals surface area contributed by atoms with Crippen molar-refractivity contribution in [2.45, 2.75) is 90.3 Å². The number of amides is 1. The SMILES string of the molecule is CCCC[C@H](C)C[C@H](O)C=C[C@@H]1[C@H]2CC(CNCCC(=O)N3CCCCC3)=C[C@H]2C[C@H]1O. The zero-order chi connectivity index (χ0) is 22.9. The fourth-order valence-corrected chi connectivity index (χ4v) is 5.90. The van der Waals surface area contributed by atoms with Crippen LogP contribution in [0, 0.1) is 23.7 Å². The Hall–Kier alpha value is -1.17. The maximum Gasteiger partial charge on any atom is 0.223 e. The third-order valence-electron chi connectivity index (χ3n) is 7.78. The predicted octanol–water partition coefficient (Wildman–Crippen LogP) is 4.06. The summed E-state index contributed by atoms with van der Waals surface area (Å²) in [4.78, 5) is 14.3. The van der Waals surface area contributed by atoms with Gasteiger partial charge in [0.15, 0.2) is 0 Å². The van der Waals surface area contributed by atoms with Gasteiger partial charge in [-0.3, -0.25) is 4.79 Å². The second-order valence-electron chi connectivity index (χ2n) is 10.5. The quantitative estimate of drug-likeness (QED) is 0.312. The van der Waals surface area contributed by atoms with Crippen LogP contribution in [0.3, 0.4) is 0 Å². The van der Waals surface area contributed by atoms with Crippen LogP contribution in [0.2, 0.25) is 0 Å². The lowest BCUT2D eigenvalue weighted by molar-refractivity contribution is -0.131. The first-order valence-electron chi connectivity index (χ1n) is 13.2. The van der Waals surface area contributed by atoms with Gasteiger partial charge < -0.3 is 20.4 Å². The van der Waals surface area contributed by atoms with E-state index in [2.05, 4.69) is 31.3 Å². The predicted molar refractivity (Wildman–Crippen MR) is 130 cm³/mol. The summed E-state index contributed by atoms with van der Waals surface area (Å²) in [6.07, 6.45) is 16.0. The molecule has 0 bridgehead atoms. The monoisotopic (exact) mass is 446 g/mol. The number of allylic oxidation sites excluding steroid dienone is 1. The number of piperidine rings is 1. The smallest absolute Gasteiger partial charge is 0.223 e. The van der Waals surface area contributed by atoms with Gasteiger partial charge in [-0.25, -0.2) is 0 Å². The fraction of sp³-hybridized carbons (Fsp3) is 0.815. The molecule has 3 N–H and O–H groups in total. The summed E-state index contributed by atoms with van der Waals surface area (Å²) in [6.45, 7) is 7.84. The third-order valence-corrected chi connectivity index (χ3v) is 7.78. The van der Waals surface area contributed by atoms with E-state index in [0.29, 0.717) is 24.2 Å². The van der Waals surface area contributed by atoms with Gasteiger partial charge in [-0.15, -0.1) is 0 Å². The zero-order valence-corrected chi connectivity index (χ0v) is 20.3. The highest BCUT2D eigenvalue weighted by Gasteiger charge is 2.43. The Morgan fingerprint density at radius 3 is 2.84 bits per heavy atom. The lowest BCUT2D eigenvalue weighted by Crippen LogP contribution is -2.37. The summed E-state index contributed by atoms with van der Waals surface area (Å²) in [5, 5.41) is 24.5. The van der Waals surface area contributed by atoms with Crippen LogP contribution < -0.4 is 5.32 Å². The molecule has 0 spiro atoms. The van der Waals surface area contributed by atoms with Crippen LogP contribution in [-0.2, 0) is 4.79 Å². The summed E-state index contributed by atoms with van der Waals surface area (Å²) >= 11 is 0. The van der Waals surface area contributed by atoms with Crippen molar-refractivity contribution in [1.82, 2.24) is 10.2 Å². The molecule has 1 saturated carbocycles. The largest absolute Gasteiger partial charge is 0.392 e. The summed E-state index contributed by atoms with van der Waals surface area (Å²) in [5.41, 5.74) is 1.41. The highest BCUT2D eigenvalue weighted by atomic mass is 16.3. The molecule has 3 aliphatic rings. The van der Waals surface area contributed by atoms with Crippen LogP contribution in [0.25, 0.3) is 0 Å². The molecule has 1 heterocycles. The lowest BCUT2D eigenvalue weighted by atomic mass is 9.88. The van der Waals surface area contributed by atoms with Crippen LogP contribution >= 0.6 is 0 Å². The van der Waals surface area contributed by atoms with Crippen molar-refractivity contribution in [3.63, 3.8) is 0 Å². The van der Waals surface area contributed by atoms with E-state index < -0.39 is 6.10 Å². The van der Waals surface area contributed by atoms with Crippen LogP contribution in [0.1, 0.15) is 78.1 Å². The maximum atomic E-state index is 12.3. The van der Waals surface area contributed by atoms with E-state index in [1.54, 1.807) is 0 Å². The Balaban J connectivity index is 1.38. The number of aliphatic hydroxyl groups excluding tert-OH is 2. The van der Waals surface area contributed by atoms with Crippen molar-refractivity contribution in [2.75, 3.05) is 26.2 Å². The maximum absolute atomic E-state index is 12.3. The van der Waals surface area contributed by atoms with E-state index in [0.717, 1.165) is 58.3 Å². The number of carbonyl (C=O) groups excluding carboxylic acids is 1. The molecule has 2 aliphatic carbocycles. The number of hydrogen-bond acceptors (Lipinski definition) is 4. The number of nitrogens with zero attached hydrogens (tertiary/aromatic N) is 1. The van der Waals surface area contributed by atoms with Crippen molar-refractivity contribution < 1.29 is 15.0 Å². The van der Waals surface area contributed by atoms with E-state index >= 15 is 0 Å². The minimum Gasteiger partial charge on any atom is -0.392 e. The van der Waals surface area contributed by atoms with Crippen molar-refractivity contribution in [2.24, 2.45) is 23.7 Å². The molecule has 5 heteroatoms. The average molecular weight is 447 g/mol. The second-order valence-corrected chi connectivity index (χ2v) is 10.5. The van der Waals surface area contributed by atoms with E-state index in [4.69, 9.17) is 0 Å². The van der Waals surface area contributed by atoms with Gasteiger partial charge in [0.1, 0.15) is 0 Å². The summed E-state index contributed by atoms with van der Waals surface area (Å²) in [6, 6.07) is 0. The van der Waals surface area contributed by atoms with E-state index in [-0.39, 0.29) is 17.9 Å². The molecule has 0 aromatic carbocycles. The van der Waals surface area contributed by atoms with Crippen molar-refractivity contribution in [1.29, 1.82) is 0 Å². The summed E-state index contributed by atoms with van der Waals surface area (Å²) in [7, 11) is 0. The number of rotatable bonds is 12. The Bertz CT molecular complexity index is 641. The third kappa shape index (κ3) is 7.43. The fourth-order valence-electron chi connectivity index (χ4n) is 5.90. The zero-order valence-electron chi connectivity index (χ0n) is 20.3. The van der Waals surface area contributed by atoms with Gasteiger partial charge in [0.25, 0.3) is 0 Å². The Kier molecular flexibility index (Phi) is 10.3. The van der Waals surface area contributed by atoms with Crippen molar-refractivity contribution in [3.8, 4) is 0 Å². The van der Waals surface area contributed by atoms with Crippen LogP contribution in [0.4, 0.5) is 0 Å². The molecule has 5 nitrogen and oxygen atoms in total. The van der Waals surface area contributed by atoms with Gasteiger partial charge in [0.2, 0.25) is 5.91 Å². The first kappa shape index (κ1) is 25.5. The molecule has 2 fully saturated rings. The number of likely N-dealkylation sites (tertiary alicyclic amines) is 1. The molecular weight excluding hydrogens is 400 g/mol. The topological polar surface area (TPSA) is 72.8 Å². The van der Waals surface area contributed by atoms with Crippen LogP contribution in [0.15, 0.2) is 23.8 Å². The highest BCUT2D eigenvalue weighted by Crippen LogP contribution is 2.47. The van der Waals surface area contributed by atoms with Gasteiger partial charge in [-0.1, -0.05) is 56.9 Å². The van der Waals surface area contributed by atoms with Gasteiger partial charge in [0, 0.05) is 38.5 Å². The molecule has 1 aliphatic heterocycles. The normalized spacial score (nSPS) is 29.9. The number of nitrogens with one attached hydrogen (secondary N) is 1. The van der Waals surface area contributed by atoms with Gasteiger partial charge in [-0.2, -0.15) is 0 Å². The minimum atomic E-state index is -0.416. The molecule has 1 saturated heterocycles. The number of fused-ring (bicyclic) bond motifs is 1. The molecule has 0 radical (unpaired) electrons. The number of unbranched alkanes of at least 4 members (excludes halogenated alkanes) is 1. The van der Waals surface area contributed by atoms with E-state index in [1.807, 2.05) is 11.0 Å². The van der Waals surface area contributed by atoms with Gasteiger partial charge in [0.05, 0.1) is 12.2 Å².